The number of rotatable bonds is 13. The van der Waals surface area contributed by atoms with Crippen molar-refractivity contribution >= 4 is 11.5 Å². The molecule has 2 aromatic carbocycles. The van der Waals surface area contributed by atoms with Gasteiger partial charge in [-0.1, -0.05) is 68.7 Å². The van der Waals surface area contributed by atoms with Gasteiger partial charge in [0.15, 0.2) is 0 Å². The van der Waals surface area contributed by atoms with Crippen LogP contribution in [0.15, 0.2) is 54.6 Å². The molecule has 3 rings (SSSR count). The molecule has 4 heteroatoms. The van der Waals surface area contributed by atoms with E-state index in [9.17, 15) is 4.79 Å². The molecule has 1 heterocycles. The molecule has 1 aliphatic rings. The summed E-state index contributed by atoms with van der Waals surface area (Å²) in [6.07, 6.45) is 6.23. The Morgan fingerprint density at radius 3 is 2.34 bits per heavy atom. The van der Waals surface area contributed by atoms with Crippen molar-refractivity contribution in [1.82, 2.24) is 4.90 Å². The summed E-state index contributed by atoms with van der Waals surface area (Å²) in [6, 6.07) is 18.7. The maximum atomic E-state index is 13.1. The Labute approximate surface area is 194 Å². The summed E-state index contributed by atoms with van der Waals surface area (Å²) >= 11 is 0. The number of para-hydroxylation sites is 2. The molecular formula is C28H40N2O2. The molecule has 4 nitrogen and oxygen atoms in total. The maximum Gasteiger partial charge on any atom is 0.142 e. The van der Waals surface area contributed by atoms with Gasteiger partial charge < -0.3 is 9.64 Å². The number of Topliss-reactive ketones (excluding diaryl/α,β-unsaturated/α-hetero) is 1. The van der Waals surface area contributed by atoms with Crippen LogP contribution in [-0.2, 0) is 4.79 Å². The van der Waals surface area contributed by atoms with E-state index < -0.39 is 0 Å². The van der Waals surface area contributed by atoms with Crippen molar-refractivity contribution in [3.63, 3.8) is 0 Å². The zero-order chi connectivity index (χ0) is 22.6. The fourth-order valence-corrected chi connectivity index (χ4v) is 4.62. The number of unbranched alkanes of at least 4 members (excludes halogenated alkanes) is 3. The predicted octanol–water partition coefficient (Wildman–Crippen LogP) is 5.92. The molecule has 32 heavy (non-hydrogen) atoms. The summed E-state index contributed by atoms with van der Waals surface area (Å²) in [4.78, 5) is 18.0. The molecule has 0 radical (unpaired) electrons. The fraction of sp³-hybridized carbons (Fsp3) is 0.536. The number of benzene rings is 2. The minimum Gasteiger partial charge on any atom is -0.492 e. The molecule has 0 saturated carbocycles. The lowest BCUT2D eigenvalue weighted by molar-refractivity contribution is -0.120. The first-order chi connectivity index (χ1) is 15.7. The highest BCUT2D eigenvalue weighted by Gasteiger charge is 2.24. The van der Waals surface area contributed by atoms with Crippen molar-refractivity contribution in [3.05, 3.63) is 60.2 Å². The Hall–Kier alpha value is -2.33. The van der Waals surface area contributed by atoms with Gasteiger partial charge in [0.25, 0.3) is 0 Å². The Bertz CT molecular complexity index is 800. The highest BCUT2D eigenvalue weighted by Crippen LogP contribution is 2.29. The van der Waals surface area contributed by atoms with E-state index in [0.29, 0.717) is 18.8 Å². The third-order valence-electron chi connectivity index (χ3n) is 6.48. The second-order valence-corrected chi connectivity index (χ2v) is 8.76. The van der Waals surface area contributed by atoms with Gasteiger partial charge in [-0.15, -0.1) is 0 Å². The fourth-order valence-electron chi connectivity index (χ4n) is 4.62. The number of carbonyl (C=O) groups excluding carboxylic acids is 1. The first-order valence-electron chi connectivity index (χ1n) is 12.5. The van der Waals surface area contributed by atoms with Crippen molar-refractivity contribution in [2.45, 2.75) is 58.3 Å². The Balaban J connectivity index is 1.54. The summed E-state index contributed by atoms with van der Waals surface area (Å²) in [7, 11) is 0. The van der Waals surface area contributed by atoms with Crippen molar-refractivity contribution < 1.29 is 9.53 Å². The second-order valence-electron chi connectivity index (χ2n) is 8.76. The van der Waals surface area contributed by atoms with Crippen LogP contribution in [0.1, 0.15) is 63.9 Å². The van der Waals surface area contributed by atoms with E-state index in [0.717, 1.165) is 57.7 Å². The number of hydrogen-bond donors (Lipinski definition) is 0. The van der Waals surface area contributed by atoms with Crippen molar-refractivity contribution in [2.75, 3.05) is 44.2 Å². The minimum atomic E-state index is 0.0227. The Morgan fingerprint density at radius 1 is 0.906 bits per heavy atom. The maximum absolute atomic E-state index is 13.1. The predicted molar refractivity (Wildman–Crippen MR) is 134 cm³/mol. The Morgan fingerprint density at radius 2 is 1.62 bits per heavy atom. The molecule has 0 aromatic heterocycles. The van der Waals surface area contributed by atoms with Gasteiger partial charge in [0, 0.05) is 38.5 Å². The van der Waals surface area contributed by atoms with E-state index in [4.69, 9.17) is 4.74 Å². The zero-order valence-corrected chi connectivity index (χ0v) is 20.0. The largest absolute Gasteiger partial charge is 0.492 e. The lowest BCUT2D eigenvalue weighted by atomic mass is 9.88. The van der Waals surface area contributed by atoms with Gasteiger partial charge in [-0.2, -0.15) is 0 Å². The van der Waals surface area contributed by atoms with Crippen LogP contribution in [0.5, 0.6) is 5.75 Å². The summed E-state index contributed by atoms with van der Waals surface area (Å²) < 4.78 is 5.83. The summed E-state index contributed by atoms with van der Waals surface area (Å²) in [6.45, 7) is 9.92. The first kappa shape index (κ1) is 24.3. The van der Waals surface area contributed by atoms with Gasteiger partial charge in [-0.25, -0.2) is 0 Å². The van der Waals surface area contributed by atoms with Crippen LogP contribution >= 0.6 is 0 Å². The highest BCUT2D eigenvalue weighted by molar-refractivity contribution is 5.85. The van der Waals surface area contributed by atoms with Crippen LogP contribution in [0.4, 0.5) is 5.69 Å². The molecule has 0 N–H and O–H groups in total. The van der Waals surface area contributed by atoms with E-state index >= 15 is 0 Å². The topological polar surface area (TPSA) is 32.8 Å². The van der Waals surface area contributed by atoms with Gasteiger partial charge in [0.1, 0.15) is 11.5 Å². The molecule has 0 aliphatic carbocycles. The van der Waals surface area contributed by atoms with Gasteiger partial charge in [0.2, 0.25) is 0 Å². The number of ketones is 1. The van der Waals surface area contributed by atoms with E-state index in [1.54, 1.807) is 0 Å². The van der Waals surface area contributed by atoms with Gasteiger partial charge in [0.05, 0.1) is 12.3 Å². The molecule has 1 fully saturated rings. The quantitative estimate of drug-likeness (QED) is 0.365. The highest BCUT2D eigenvalue weighted by atomic mass is 16.5. The van der Waals surface area contributed by atoms with Crippen LogP contribution in [0, 0.1) is 0 Å². The summed E-state index contributed by atoms with van der Waals surface area (Å²) in [5.41, 5.74) is 2.37. The summed E-state index contributed by atoms with van der Waals surface area (Å²) in [5, 5.41) is 0. The van der Waals surface area contributed by atoms with Crippen LogP contribution in [0.3, 0.4) is 0 Å². The molecule has 1 atom stereocenters. The average Bonchev–Trinajstić information content (AvgIpc) is 2.84. The monoisotopic (exact) mass is 436 g/mol. The molecule has 0 amide bonds. The number of nitrogens with zero attached hydrogens (tertiary/aromatic N) is 2. The van der Waals surface area contributed by atoms with E-state index in [1.807, 2.05) is 19.1 Å². The smallest absolute Gasteiger partial charge is 0.142 e. The number of hydrogen-bond acceptors (Lipinski definition) is 4. The summed E-state index contributed by atoms with van der Waals surface area (Å²) in [5.74, 6) is 1.41. The van der Waals surface area contributed by atoms with E-state index in [1.165, 1.54) is 24.1 Å². The first-order valence-corrected chi connectivity index (χ1v) is 12.5. The lowest BCUT2D eigenvalue weighted by Crippen LogP contribution is -2.47. The van der Waals surface area contributed by atoms with E-state index in [-0.39, 0.29) is 5.92 Å². The number of carbonyl (C=O) groups is 1. The normalized spacial score (nSPS) is 15.5. The van der Waals surface area contributed by atoms with Crippen LogP contribution in [-0.4, -0.2) is 50.0 Å². The minimum absolute atomic E-state index is 0.0227. The SMILES string of the molecule is CCCCCCC(=O)C(CCN1CCN(c2ccccc2OCC)CC1)c1ccccc1. The molecular weight excluding hydrogens is 396 g/mol. The average molecular weight is 437 g/mol. The van der Waals surface area contributed by atoms with Gasteiger partial charge in [-0.05, 0) is 44.0 Å². The van der Waals surface area contributed by atoms with Crippen LogP contribution in [0.25, 0.3) is 0 Å². The molecule has 0 spiro atoms. The molecule has 1 unspecified atom stereocenters. The van der Waals surface area contributed by atoms with Crippen LogP contribution < -0.4 is 9.64 Å². The third-order valence-corrected chi connectivity index (χ3v) is 6.48. The lowest BCUT2D eigenvalue weighted by Gasteiger charge is -2.37. The van der Waals surface area contributed by atoms with Crippen LogP contribution in [0.2, 0.25) is 0 Å². The second kappa shape index (κ2) is 13.3. The molecule has 1 aliphatic heterocycles. The third kappa shape index (κ3) is 7.09. The Kier molecular flexibility index (Phi) is 10.1. The van der Waals surface area contributed by atoms with Crippen molar-refractivity contribution in [1.29, 1.82) is 0 Å². The van der Waals surface area contributed by atoms with Crippen molar-refractivity contribution in [3.8, 4) is 5.75 Å². The molecule has 2 aromatic rings. The number of anilines is 1. The number of piperazine rings is 1. The van der Waals surface area contributed by atoms with Crippen molar-refractivity contribution in [2.24, 2.45) is 0 Å². The van der Waals surface area contributed by atoms with E-state index in [2.05, 4.69) is 59.2 Å². The standard InChI is InChI=1S/C28H40N2O2/c1-3-5-6-10-16-27(31)25(24-13-8-7-9-14-24)18-19-29-20-22-30(23-21-29)26-15-11-12-17-28(26)32-4-2/h7-9,11-15,17,25H,3-6,10,16,18-23H2,1-2H3. The number of ether oxygens (including phenoxy) is 1. The van der Waals surface area contributed by atoms with Gasteiger partial charge in [-0.3, -0.25) is 9.69 Å². The molecule has 0 bridgehead atoms. The molecule has 1 saturated heterocycles. The zero-order valence-electron chi connectivity index (χ0n) is 20.0. The molecule has 174 valence electrons. The van der Waals surface area contributed by atoms with Gasteiger partial charge >= 0.3 is 0 Å².